The highest BCUT2D eigenvalue weighted by Gasteiger charge is 2.30. The molecule has 1 fully saturated rings. The van der Waals surface area contributed by atoms with Crippen LogP contribution in [0.25, 0.3) is 0 Å². The van der Waals surface area contributed by atoms with Gasteiger partial charge in [-0.15, -0.1) is 11.3 Å². The first kappa shape index (κ1) is 15.5. The van der Waals surface area contributed by atoms with Gasteiger partial charge in [-0.1, -0.05) is 11.8 Å². The van der Waals surface area contributed by atoms with Crippen molar-refractivity contribution in [3.05, 3.63) is 21.9 Å². The summed E-state index contributed by atoms with van der Waals surface area (Å²) >= 11 is 1.70. The van der Waals surface area contributed by atoms with E-state index in [4.69, 9.17) is 10.5 Å². The predicted molar refractivity (Wildman–Crippen MR) is 81.6 cm³/mol. The van der Waals surface area contributed by atoms with Gasteiger partial charge in [0.05, 0.1) is 12.1 Å². The third-order valence-corrected chi connectivity index (χ3v) is 4.32. The van der Waals surface area contributed by atoms with Gasteiger partial charge in [-0.2, -0.15) is 0 Å². The monoisotopic (exact) mass is 294 g/mol. The lowest BCUT2D eigenvalue weighted by molar-refractivity contribution is -0.0776. The Balaban J connectivity index is 1.87. The average Bonchev–Trinajstić information content (AvgIpc) is 2.84. The summed E-state index contributed by atoms with van der Waals surface area (Å²) in [6, 6.07) is 2.10. The van der Waals surface area contributed by atoms with Crippen molar-refractivity contribution >= 4 is 11.3 Å². The zero-order valence-electron chi connectivity index (χ0n) is 11.9. The molecule has 2 rings (SSSR count). The highest BCUT2D eigenvalue weighted by atomic mass is 32.1. The smallest absolute Gasteiger partial charge is 0.0817 e. The Labute approximate surface area is 124 Å². The van der Waals surface area contributed by atoms with E-state index in [1.807, 2.05) is 7.05 Å². The van der Waals surface area contributed by atoms with Crippen LogP contribution in [0, 0.1) is 11.8 Å². The van der Waals surface area contributed by atoms with Crippen molar-refractivity contribution in [2.45, 2.75) is 25.0 Å². The van der Waals surface area contributed by atoms with Crippen LogP contribution in [-0.4, -0.2) is 49.0 Å². The lowest BCUT2D eigenvalue weighted by atomic mass is 9.94. The van der Waals surface area contributed by atoms with Crippen molar-refractivity contribution in [3.63, 3.8) is 0 Å². The second-order valence-corrected chi connectivity index (χ2v) is 6.31. The largest absolute Gasteiger partial charge is 0.388 e. The van der Waals surface area contributed by atoms with Crippen LogP contribution in [0.3, 0.4) is 0 Å². The zero-order valence-corrected chi connectivity index (χ0v) is 12.7. The van der Waals surface area contributed by atoms with Gasteiger partial charge in [0.25, 0.3) is 0 Å². The molecule has 0 saturated carbocycles. The first-order valence-corrected chi connectivity index (χ1v) is 7.74. The third kappa shape index (κ3) is 4.58. The molecule has 1 aromatic rings. The number of nitrogens with two attached hydrogens (primary N) is 1. The molecule has 2 heterocycles. The molecular weight excluding hydrogens is 272 g/mol. The first-order chi connectivity index (χ1) is 9.61. The van der Waals surface area contributed by atoms with Crippen LogP contribution >= 0.6 is 11.3 Å². The highest BCUT2D eigenvalue weighted by Crippen LogP contribution is 2.23. The number of ether oxygens (including phenoxy) is 1. The summed E-state index contributed by atoms with van der Waals surface area (Å²) < 4.78 is 5.30. The Hall–Kier alpha value is -0.900. The van der Waals surface area contributed by atoms with Gasteiger partial charge in [0.15, 0.2) is 0 Å². The maximum Gasteiger partial charge on any atom is 0.0817 e. The Morgan fingerprint density at radius 3 is 2.95 bits per heavy atom. The molecule has 20 heavy (non-hydrogen) atoms. The third-order valence-electron chi connectivity index (χ3n) is 3.40. The molecule has 0 unspecified atom stereocenters. The Morgan fingerprint density at radius 1 is 1.50 bits per heavy atom. The number of nitrogens with zero attached hydrogens (tertiary/aromatic N) is 1. The van der Waals surface area contributed by atoms with Gasteiger partial charge >= 0.3 is 0 Å². The van der Waals surface area contributed by atoms with Gasteiger partial charge in [-0.25, -0.2) is 0 Å². The molecule has 0 atom stereocenters. The van der Waals surface area contributed by atoms with E-state index < -0.39 is 5.60 Å². The van der Waals surface area contributed by atoms with Gasteiger partial charge < -0.3 is 15.6 Å². The van der Waals surface area contributed by atoms with Crippen LogP contribution in [0.15, 0.2) is 11.4 Å². The van der Waals surface area contributed by atoms with Crippen LogP contribution in [0.2, 0.25) is 0 Å². The summed E-state index contributed by atoms with van der Waals surface area (Å²) in [7, 11) is 2.04. The van der Waals surface area contributed by atoms with E-state index in [1.165, 1.54) is 4.88 Å². The van der Waals surface area contributed by atoms with Crippen molar-refractivity contribution in [2.24, 2.45) is 5.73 Å². The number of likely N-dealkylation sites (N-methyl/N-ethyl adjacent to an activating group) is 1. The Bertz CT molecular complexity index is 484. The minimum Gasteiger partial charge on any atom is -0.388 e. The quantitative estimate of drug-likeness (QED) is 0.815. The van der Waals surface area contributed by atoms with Crippen LogP contribution < -0.4 is 5.73 Å². The van der Waals surface area contributed by atoms with E-state index in [0.29, 0.717) is 26.3 Å². The fraction of sp³-hybridized carbons (Fsp3) is 0.600. The highest BCUT2D eigenvalue weighted by molar-refractivity contribution is 7.10. The Kier molecular flexibility index (Phi) is 5.58. The van der Waals surface area contributed by atoms with Gasteiger partial charge in [0.2, 0.25) is 0 Å². The second-order valence-electron chi connectivity index (χ2n) is 5.32. The van der Waals surface area contributed by atoms with Gasteiger partial charge in [0, 0.05) is 55.0 Å². The molecule has 0 aliphatic carbocycles. The molecular formula is C15H22N2O2S. The number of aliphatic hydroxyl groups is 1. The van der Waals surface area contributed by atoms with Crippen molar-refractivity contribution in [1.82, 2.24) is 4.90 Å². The zero-order chi connectivity index (χ0) is 14.4. The van der Waals surface area contributed by atoms with Gasteiger partial charge in [0.1, 0.15) is 0 Å². The fourth-order valence-corrected chi connectivity index (χ4v) is 3.31. The van der Waals surface area contributed by atoms with Crippen molar-refractivity contribution in [1.29, 1.82) is 0 Å². The predicted octanol–water partition coefficient (Wildman–Crippen LogP) is 1.03. The number of hydrogen-bond donors (Lipinski definition) is 2. The first-order valence-electron chi connectivity index (χ1n) is 6.86. The maximum atomic E-state index is 10.5. The molecule has 0 amide bonds. The van der Waals surface area contributed by atoms with E-state index in [9.17, 15) is 5.11 Å². The minimum absolute atomic E-state index is 0.389. The van der Waals surface area contributed by atoms with Crippen LogP contribution in [-0.2, 0) is 11.3 Å². The van der Waals surface area contributed by atoms with Crippen LogP contribution in [0.1, 0.15) is 23.3 Å². The molecule has 1 aliphatic rings. The maximum absolute atomic E-state index is 10.5. The van der Waals surface area contributed by atoms with Crippen LogP contribution in [0.4, 0.5) is 0 Å². The summed E-state index contributed by atoms with van der Waals surface area (Å²) in [5.41, 5.74) is 5.78. The number of rotatable bonds is 4. The molecule has 110 valence electrons. The topological polar surface area (TPSA) is 58.7 Å². The molecule has 0 spiro atoms. The van der Waals surface area contributed by atoms with Gasteiger partial charge in [-0.05, 0) is 13.1 Å². The standard InChI is InChI=1S/C15H22N2O2S/c1-17(12-15(18)4-7-19-8-5-15)10-14-9-13(11-20-14)3-2-6-16/h9,11,18H,4-8,10,12,16H2,1H3. The minimum atomic E-state index is -0.605. The fourth-order valence-electron chi connectivity index (χ4n) is 2.42. The van der Waals surface area contributed by atoms with Crippen molar-refractivity contribution < 1.29 is 9.84 Å². The Morgan fingerprint density at radius 2 is 2.25 bits per heavy atom. The summed E-state index contributed by atoms with van der Waals surface area (Å²) in [5, 5.41) is 12.5. The molecule has 3 N–H and O–H groups in total. The number of hydrogen-bond acceptors (Lipinski definition) is 5. The summed E-state index contributed by atoms with van der Waals surface area (Å²) in [4.78, 5) is 3.42. The summed E-state index contributed by atoms with van der Waals surface area (Å²) in [6.07, 6.45) is 1.43. The van der Waals surface area contributed by atoms with Gasteiger partial charge in [-0.3, -0.25) is 4.90 Å². The average molecular weight is 294 g/mol. The molecule has 0 bridgehead atoms. The van der Waals surface area contributed by atoms with E-state index in [-0.39, 0.29) is 0 Å². The van der Waals surface area contributed by atoms with Crippen molar-refractivity contribution in [3.8, 4) is 11.8 Å². The molecule has 5 heteroatoms. The second kappa shape index (κ2) is 7.21. The molecule has 1 aromatic heterocycles. The summed E-state index contributed by atoms with van der Waals surface area (Å²) in [5.74, 6) is 5.90. The normalized spacial score (nSPS) is 17.8. The molecule has 0 radical (unpaired) electrons. The van der Waals surface area contributed by atoms with E-state index in [1.54, 1.807) is 11.3 Å². The lowest BCUT2D eigenvalue weighted by Crippen LogP contribution is -2.45. The lowest BCUT2D eigenvalue weighted by Gasteiger charge is -2.35. The van der Waals surface area contributed by atoms with E-state index in [2.05, 4.69) is 28.2 Å². The van der Waals surface area contributed by atoms with E-state index in [0.717, 1.165) is 24.9 Å². The molecule has 0 aromatic carbocycles. The van der Waals surface area contributed by atoms with E-state index >= 15 is 0 Å². The van der Waals surface area contributed by atoms with Crippen molar-refractivity contribution in [2.75, 3.05) is 33.4 Å². The molecule has 1 saturated heterocycles. The van der Waals surface area contributed by atoms with Crippen LogP contribution in [0.5, 0.6) is 0 Å². The number of thiophene rings is 1. The molecule has 1 aliphatic heterocycles. The summed E-state index contributed by atoms with van der Waals surface area (Å²) in [6.45, 7) is 3.21. The SMILES string of the molecule is CN(Cc1cc(C#CCN)cs1)CC1(O)CCOCC1. The molecule has 4 nitrogen and oxygen atoms in total.